The summed E-state index contributed by atoms with van der Waals surface area (Å²) < 4.78 is 1.89. The third kappa shape index (κ3) is 4.04. The molecule has 0 bridgehead atoms. The van der Waals surface area contributed by atoms with Crippen LogP contribution in [0.4, 0.5) is 4.79 Å². The molecule has 3 amide bonds. The van der Waals surface area contributed by atoms with Gasteiger partial charge in [0.15, 0.2) is 11.0 Å². The average Bonchev–Trinajstić information content (AvgIpc) is 3.14. The zero-order valence-electron chi connectivity index (χ0n) is 14.2. The fourth-order valence-electron chi connectivity index (χ4n) is 3.02. The van der Waals surface area contributed by atoms with E-state index in [9.17, 15) is 9.59 Å². The predicted molar refractivity (Wildman–Crippen MR) is 98.6 cm³/mol. The van der Waals surface area contributed by atoms with Crippen molar-refractivity contribution in [3.05, 3.63) is 16.5 Å². The molecule has 2 aromatic heterocycles. The van der Waals surface area contributed by atoms with E-state index in [0.717, 1.165) is 29.5 Å². The van der Waals surface area contributed by atoms with Gasteiger partial charge in [0.2, 0.25) is 5.91 Å². The van der Waals surface area contributed by atoms with Gasteiger partial charge in [-0.05, 0) is 36.8 Å². The number of urea groups is 1. The van der Waals surface area contributed by atoms with Crippen LogP contribution >= 0.6 is 23.1 Å². The molecule has 3 N–H and O–H groups in total. The number of hydrogen-bond donors (Lipinski definition) is 2. The molecule has 25 heavy (non-hydrogen) atoms. The van der Waals surface area contributed by atoms with E-state index >= 15 is 0 Å². The summed E-state index contributed by atoms with van der Waals surface area (Å²) in [6.07, 6.45) is 4.78. The molecule has 1 aliphatic carbocycles. The zero-order valence-corrected chi connectivity index (χ0v) is 15.9. The number of nitrogens with one attached hydrogen (secondary N) is 1. The molecule has 3 rings (SSSR count). The van der Waals surface area contributed by atoms with Crippen LogP contribution in [-0.4, -0.2) is 32.5 Å². The van der Waals surface area contributed by atoms with Crippen LogP contribution in [-0.2, 0) is 24.7 Å². The van der Waals surface area contributed by atoms with Gasteiger partial charge in [0.1, 0.15) is 0 Å². The summed E-state index contributed by atoms with van der Waals surface area (Å²) in [6.45, 7) is 2.25. The Hall–Kier alpha value is -1.87. The summed E-state index contributed by atoms with van der Waals surface area (Å²) in [5.74, 6) is 1.21. The van der Waals surface area contributed by atoms with Crippen molar-refractivity contribution < 1.29 is 9.59 Å². The summed E-state index contributed by atoms with van der Waals surface area (Å²) in [5, 5.41) is 11.1. The van der Waals surface area contributed by atoms with E-state index in [1.165, 1.54) is 35.0 Å². The Balaban J connectivity index is 1.72. The SMILES string of the molecule is CCC1CCc2sc(-c3nnc(SCC(=O)NC(N)=O)n3C)cc2C1. The molecule has 0 saturated heterocycles. The van der Waals surface area contributed by atoms with Gasteiger partial charge in [0, 0.05) is 11.9 Å². The number of aryl methyl sites for hydroxylation is 1. The molecular formula is C16H21N5O2S2. The third-order valence-electron chi connectivity index (χ3n) is 4.41. The van der Waals surface area contributed by atoms with E-state index in [-0.39, 0.29) is 5.75 Å². The van der Waals surface area contributed by atoms with Gasteiger partial charge in [0.25, 0.3) is 0 Å². The van der Waals surface area contributed by atoms with Crippen molar-refractivity contribution in [2.75, 3.05) is 5.75 Å². The van der Waals surface area contributed by atoms with Gasteiger partial charge in [-0.1, -0.05) is 25.1 Å². The standard InChI is InChI=1S/C16H21N5O2S2/c1-3-9-4-5-11-10(6-9)7-12(25-11)14-19-20-16(21(14)2)24-8-13(22)18-15(17)23/h7,9H,3-6,8H2,1-2H3,(H3,17,18,22,23). The molecule has 1 atom stereocenters. The molecule has 0 saturated carbocycles. The number of nitrogens with two attached hydrogens (primary N) is 1. The molecule has 2 heterocycles. The van der Waals surface area contributed by atoms with Gasteiger partial charge in [-0.2, -0.15) is 0 Å². The number of rotatable bonds is 5. The Labute approximate surface area is 154 Å². The lowest BCUT2D eigenvalue weighted by Crippen LogP contribution is -2.36. The summed E-state index contributed by atoms with van der Waals surface area (Å²) in [4.78, 5) is 24.8. The van der Waals surface area contributed by atoms with Crippen LogP contribution in [0.5, 0.6) is 0 Å². The highest BCUT2D eigenvalue weighted by Gasteiger charge is 2.22. The van der Waals surface area contributed by atoms with Crippen LogP contribution in [0.2, 0.25) is 0 Å². The number of aromatic nitrogens is 3. The summed E-state index contributed by atoms with van der Waals surface area (Å²) in [5.41, 5.74) is 6.37. The maximum atomic E-state index is 11.5. The van der Waals surface area contributed by atoms with Crippen LogP contribution in [0.3, 0.4) is 0 Å². The second-order valence-electron chi connectivity index (χ2n) is 6.14. The number of carbonyl (C=O) groups is 2. The lowest BCUT2D eigenvalue weighted by Gasteiger charge is -2.19. The highest BCUT2D eigenvalue weighted by molar-refractivity contribution is 7.99. The number of nitrogens with zero attached hydrogens (tertiary/aromatic N) is 3. The molecule has 1 unspecified atom stereocenters. The van der Waals surface area contributed by atoms with E-state index in [1.807, 2.05) is 16.9 Å². The molecule has 1 aliphatic rings. The molecular weight excluding hydrogens is 358 g/mol. The maximum absolute atomic E-state index is 11.5. The second-order valence-corrected chi connectivity index (χ2v) is 8.22. The van der Waals surface area contributed by atoms with Crippen molar-refractivity contribution in [1.82, 2.24) is 20.1 Å². The van der Waals surface area contributed by atoms with Gasteiger partial charge in [-0.25, -0.2) is 4.79 Å². The first kappa shape index (κ1) is 17.9. The average molecular weight is 380 g/mol. The molecule has 0 fully saturated rings. The second kappa shape index (κ2) is 7.57. The minimum absolute atomic E-state index is 0.0635. The van der Waals surface area contributed by atoms with E-state index in [4.69, 9.17) is 5.73 Å². The first-order chi connectivity index (χ1) is 12.0. The highest BCUT2D eigenvalue weighted by Crippen LogP contribution is 2.37. The number of thiophene rings is 1. The summed E-state index contributed by atoms with van der Waals surface area (Å²) >= 11 is 3.01. The molecule has 0 aromatic carbocycles. The minimum Gasteiger partial charge on any atom is -0.351 e. The predicted octanol–water partition coefficient (Wildman–Crippen LogP) is 2.35. The fraction of sp³-hybridized carbons (Fsp3) is 0.500. The van der Waals surface area contributed by atoms with Gasteiger partial charge < -0.3 is 10.3 Å². The van der Waals surface area contributed by atoms with Crippen LogP contribution in [0, 0.1) is 5.92 Å². The normalized spacial score (nSPS) is 16.5. The maximum Gasteiger partial charge on any atom is 0.318 e. The van der Waals surface area contributed by atoms with Crippen molar-refractivity contribution in [2.45, 2.75) is 37.8 Å². The Morgan fingerprint density at radius 2 is 2.28 bits per heavy atom. The smallest absolute Gasteiger partial charge is 0.318 e. The van der Waals surface area contributed by atoms with Crippen LogP contribution in [0.25, 0.3) is 10.7 Å². The number of amides is 3. The molecule has 134 valence electrons. The van der Waals surface area contributed by atoms with Gasteiger partial charge >= 0.3 is 6.03 Å². The third-order valence-corrected chi connectivity index (χ3v) is 6.67. The molecule has 9 heteroatoms. The first-order valence-electron chi connectivity index (χ1n) is 8.21. The van der Waals surface area contributed by atoms with Crippen LogP contribution < -0.4 is 11.1 Å². The molecule has 0 aliphatic heterocycles. The Bertz CT molecular complexity index is 799. The largest absolute Gasteiger partial charge is 0.351 e. The van der Waals surface area contributed by atoms with Crippen LogP contribution in [0.15, 0.2) is 11.2 Å². The number of primary amides is 1. The van der Waals surface area contributed by atoms with Crippen molar-refractivity contribution in [2.24, 2.45) is 18.7 Å². The van der Waals surface area contributed by atoms with Crippen molar-refractivity contribution >= 4 is 35.0 Å². The summed E-state index contributed by atoms with van der Waals surface area (Å²) in [6, 6.07) is 1.39. The van der Waals surface area contributed by atoms with Crippen LogP contribution in [0.1, 0.15) is 30.2 Å². The van der Waals surface area contributed by atoms with E-state index in [2.05, 4.69) is 23.2 Å². The van der Waals surface area contributed by atoms with Gasteiger partial charge in [0.05, 0.1) is 10.6 Å². The van der Waals surface area contributed by atoms with E-state index in [0.29, 0.717) is 5.16 Å². The number of thioether (sulfide) groups is 1. The molecule has 2 aromatic rings. The Kier molecular flexibility index (Phi) is 5.43. The number of carbonyl (C=O) groups excluding carboxylic acids is 2. The molecule has 7 nitrogen and oxygen atoms in total. The van der Waals surface area contributed by atoms with Crippen molar-refractivity contribution in [1.29, 1.82) is 0 Å². The Morgan fingerprint density at radius 1 is 1.48 bits per heavy atom. The lowest BCUT2D eigenvalue weighted by molar-refractivity contribution is -0.117. The summed E-state index contributed by atoms with van der Waals surface area (Å²) in [7, 11) is 1.89. The number of imide groups is 1. The topological polar surface area (TPSA) is 103 Å². The number of fused-ring (bicyclic) bond motifs is 1. The van der Waals surface area contributed by atoms with Crippen molar-refractivity contribution in [3.63, 3.8) is 0 Å². The minimum atomic E-state index is -0.848. The van der Waals surface area contributed by atoms with E-state index < -0.39 is 11.9 Å². The molecule has 0 spiro atoms. The fourth-order valence-corrected chi connectivity index (χ4v) is 4.96. The van der Waals surface area contributed by atoms with E-state index in [1.54, 1.807) is 11.3 Å². The quantitative estimate of drug-likeness (QED) is 0.776. The monoisotopic (exact) mass is 379 g/mol. The van der Waals surface area contributed by atoms with Gasteiger partial charge in [-0.3, -0.25) is 10.1 Å². The molecule has 0 radical (unpaired) electrons. The first-order valence-corrected chi connectivity index (χ1v) is 10.0. The lowest BCUT2D eigenvalue weighted by atomic mass is 9.87. The van der Waals surface area contributed by atoms with Gasteiger partial charge in [-0.15, -0.1) is 21.5 Å². The zero-order chi connectivity index (χ0) is 18.0. The highest BCUT2D eigenvalue weighted by atomic mass is 32.2. The van der Waals surface area contributed by atoms with Crippen molar-refractivity contribution in [3.8, 4) is 10.7 Å². The number of hydrogen-bond acceptors (Lipinski definition) is 6. The Morgan fingerprint density at radius 3 is 3.00 bits per heavy atom.